The summed E-state index contributed by atoms with van der Waals surface area (Å²) >= 11 is 3.51. The molecule has 1 aliphatic carbocycles. The molecule has 3 rings (SSSR count). The molecule has 1 aromatic carbocycles. The van der Waals surface area contributed by atoms with Crippen LogP contribution in [-0.4, -0.2) is 23.7 Å². The fraction of sp³-hybridized carbons (Fsp3) is 0.529. The summed E-state index contributed by atoms with van der Waals surface area (Å²) in [6, 6.07) is 7.71. The van der Waals surface area contributed by atoms with Crippen molar-refractivity contribution >= 4 is 27.5 Å². The number of rotatable bonds is 3. The molecule has 1 saturated heterocycles. The summed E-state index contributed by atoms with van der Waals surface area (Å²) in [5.41, 5.74) is 1.43. The third-order valence-electron chi connectivity index (χ3n) is 4.96. The van der Waals surface area contributed by atoms with Crippen molar-refractivity contribution in [3.05, 3.63) is 28.2 Å². The third kappa shape index (κ3) is 2.55. The summed E-state index contributed by atoms with van der Waals surface area (Å²) in [6.07, 6.45) is 4.93. The SMILES string of the molecule is N#Cc1ccc(N2C(=O)C(CCO)C3CCCCC32)c(Br)c1. The van der Waals surface area contributed by atoms with Crippen LogP contribution in [0, 0.1) is 23.2 Å². The van der Waals surface area contributed by atoms with Crippen molar-refractivity contribution in [2.75, 3.05) is 11.5 Å². The van der Waals surface area contributed by atoms with Gasteiger partial charge in [-0.05, 0) is 59.3 Å². The minimum absolute atomic E-state index is 0.0575. The van der Waals surface area contributed by atoms with E-state index in [-0.39, 0.29) is 24.5 Å². The molecule has 0 spiro atoms. The van der Waals surface area contributed by atoms with E-state index >= 15 is 0 Å². The molecule has 3 unspecified atom stereocenters. The second-order valence-electron chi connectivity index (χ2n) is 6.12. The van der Waals surface area contributed by atoms with Gasteiger partial charge in [-0.2, -0.15) is 5.26 Å². The van der Waals surface area contributed by atoms with E-state index in [1.807, 2.05) is 11.0 Å². The van der Waals surface area contributed by atoms with Crippen molar-refractivity contribution in [1.82, 2.24) is 0 Å². The quantitative estimate of drug-likeness (QED) is 0.897. The van der Waals surface area contributed by atoms with Crippen molar-refractivity contribution in [2.24, 2.45) is 11.8 Å². The van der Waals surface area contributed by atoms with Crippen LogP contribution in [0.1, 0.15) is 37.7 Å². The summed E-state index contributed by atoms with van der Waals surface area (Å²) < 4.78 is 0.786. The Balaban J connectivity index is 1.98. The average Bonchev–Trinajstić information content (AvgIpc) is 2.81. The van der Waals surface area contributed by atoms with Crippen LogP contribution in [0.5, 0.6) is 0 Å². The molecule has 0 radical (unpaired) electrons. The zero-order valence-corrected chi connectivity index (χ0v) is 13.9. The van der Waals surface area contributed by atoms with Crippen LogP contribution in [0.25, 0.3) is 0 Å². The Labute approximate surface area is 138 Å². The number of halogens is 1. The first kappa shape index (κ1) is 15.5. The fourth-order valence-corrected chi connectivity index (χ4v) is 4.57. The molecule has 22 heavy (non-hydrogen) atoms. The van der Waals surface area contributed by atoms with Crippen LogP contribution in [0.2, 0.25) is 0 Å². The molecular weight excluding hydrogens is 344 g/mol. The van der Waals surface area contributed by atoms with Crippen LogP contribution in [0.4, 0.5) is 5.69 Å². The highest BCUT2D eigenvalue weighted by atomic mass is 79.9. The van der Waals surface area contributed by atoms with Crippen LogP contribution in [0.15, 0.2) is 22.7 Å². The van der Waals surface area contributed by atoms with Gasteiger partial charge in [0, 0.05) is 23.0 Å². The van der Waals surface area contributed by atoms with Gasteiger partial charge in [-0.15, -0.1) is 0 Å². The van der Waals surface area contributed by atoms with Gasteiger partial charge in [0.15, 0.2) is 0 Å². The van der Waals surface area contributed by atoms with Gasteiger partial charge >= 0.3 is 0 Å². The van der Waals surface area contributed by atoms with E-state index in [0.29, 0.717) is 17.9 Å². The lowest BCUT2D eigenvalue weighted by molar-refractivity contribution is -0.121. The Kier molecular flexibility index (Phi) is 4.51. The summed E-state index contributed by atoms with van der Waals surface area (Å²) in [4.78, 5) is 14.8. The molecule has 1 amide bonds. The first-order chi connectivity index (χ1) is 10.7. The maximum absolute atomic E-state index is 12.9. The first-order valence-electron chi connectivity index (χ1n) is 7.81. The molecule has 116 valence electrons. The van der Waals surface area contributed by atoms with Gasteiger partial charge in [0.2, 0.25) is 5.91 Å². The summed E-state index contributed by atoms with van der Waals surface area (Å²) in [7, 11) is 0. The minimum Gasteiger partial charge on any atom is -0.396 e. The van der Waals surface area contributed by atoms with E-state index < -0.39 is 0 Å². The van der Waals surface area contributed by atoms with Crippen LogP contribution >= 0.6 is 15.9 Å². The third-order valence-corrected chi connectivity index (χ3v) is 5.60. The normalized spacial score (nSPS) is 27.6. The zero-order valence-electron chi connectivity index (χ0n) is 12.3. The number of amides is 1. The number of nitriles is 1. The Morgan fingerprint density at radius 1 is 1.36 bits per heavy atom. The van der Waals surface area contributed by atoms with Gasteiger partial charge in [-0.1, -0.05) is 12.8 Å². The number of benzene rings is 1. The minimum atomic E-state index is -0.0714. The topological polar surface area (TPSA) is 64.3 Å². The number of anilines is 1. The molecule has 2 aliphatic rings. The number of aliphatic hydroxyl groups excluding tert-OH is 1. The highest BCUT2D eigenvalue weighted by Crippen LogP contribution is 2.45. The van der Waals surface area contributed by atoms with Crippen molar-refractivity contribution in [1.29, 1.82) is 5.26 Å². The Morgan fingerprint density at radius 3 is 2.82 bits per heavy atom. The van der Waals surface area contributed by atoms with Crippen LogP contribution in [-0.2, 0) is 4.79 Å². The molecule has 5 heteroatoms. The average molecular weight is 363 g/mol. The summed E-state index contributed by atoms with van der Waals surface area (Å²) in [5, 5.41) is 18.3. The molecule has 0 bridgehead atoms. The molecule has 4 nitrogen and oxygen atoms in total. The number of carbonyl (C=O) groups excluding carboxylic acids is 1. The molecule has 1 aromatic rings. The Morgan fingerprint density at radius 2 is 2.14 bits per heavy atom. The smallest absolute Gasteiger partial charge is 0.230 e. The number of nitrogens with zero attached hydrogens (tertiary/aromatic N) is 2. The molecular formula is C17H19BrN2O2. The van der Waals surface area contributed by atoms with Crippen molar-refractivity contribution in [3.8, 4) is 6.07 Å². The molecule has 1 aliphatic heterocycles. The van der Waals surface area contributed by atoms with E-state index in [1.165, 1.54) is 6.42 Å². The first-order valence-corrected chi connectivity index (χ1v) is 8.60. The number of hydrogen-bond donors (Lipinski definition) is 1. The number of carbonyl (C=O) groups is 1. The van der Waals surface area contributed by atoms with E-state index in [1.54, 1.807) is 12.1 Å². The maximum Gasteiger partial charge on any atom is 0.230 e. The monoisotopic (exact) mass is 362 g/mol. The van der Waals surface area contributed by atoms with Gasteiger partial charge in [0.05, 0.1) is 17.3 Å². The summed E-state index contributed by atoms with van der Waals surface area (Å²) in [5.74, 6) is 0.394. The lowest BCUT2D eigenvalue weighted by Crippen LogP contribution is -2.37. The molecule has 2 fully saturated rings. The predicted molar refractivity (Wildman–Crippen MR) is 87.3 cm³/mol. The lowest BCUT2D eigenvalue weighted by Gasteiger charge is -2.32. The van der Waals surface area contributed by atoms with Crippen molar-refractivity contribution in [2.45, 2.75) is 38.1 Å². The van der Waals surface area contributed by atoms with E-state index in [9.17, 15) is 9.90 Å². The van der Waals surface area contributed by atoms with Crippen molar-refractivity contribution < 1.29 is 9.90 Å². The molecule has 1 heterocycles. The standard InChI is InChI=1S/C17H19BrN2O2/c18-14-9-11(10-19)5-6-16(14)20-15-4-2-1-3-12(15)13(7-8-21)17(20)22/h5-6,9,12-13,15,21H,1-4,7-8H2. The predicted octanol–water partition coefficient (Wildman–Crippen LogP) is 3.22. The Hall–Kier alpha value is -1.38. The number of aliphatic hydroxyl groups is 1. The molecule has 1 saturated carbocycles. The number of hydrogen-bond acceptors (Lipinski definition) is 3. The number of fused-ring (bicyclic) bond motifs is 1. The second-order valence-corrected chi connectivity index (χ2v) is 6.98. The molecule has 1 N–H and O–H groups in total. The lowest BCUT2D eigenvalue weighted by atomic mass is 9.78. The zero-order chi connectivity index (χ0) is 15.7. The van der Waals surface area contributed by atoms with E-state index in [4.69, 9.17) is 5.26 Å². The molecule has 0 aromatic heterocycles. The Bertz CT molecular complexity index is 626. The van der Waals surface area contributed by atoms with Crippen molar-refractivity contribution in [3.63, 3.8) is 0 Å². The van der Waals surface area contributed by atoms with E-state index in [2.05, 4.69) is 22.0 Å². The van der Waals surface area contributed by atoms with Gasteiger partial charge < -0.3 is 10.0 Å². The van der Waals surface area contributed by atoms with Gasteiger partial charge in [0.25, 0.3) is 0 Å². The largest absolute Gasteiger partial charge is 0.396 e. The van der Waals surface area contributed by atoms with E-state index in [0.717, 1.165) is 29.4 Å². The van der Waals surface area contributed by atoms with Crippen LogP contribution in [0.3, 0.4) is 0 Å². The summed E-state index contributed by atoms with van der Waals surface area (Å²) in [6.45, 7) is 0.0575. The highest BCUT2D eigenvalue weighted by Gasteiger charge is 2.48. The van der Waals surface area contributed by atoms with Gasteiger partial charge in [0.1, 0.15) is 0 Å². The second kappa shape index (κ2) is 6.39. The van der Waals surface area contributed by atoms with Gasteiger partial charge in [-0.25, -0.2) is 0 Å². The van der Waals surface area contributed by atoms with Gasteiger partial charge in [-0.3, -0.25) is 4.79 Å². The fourth-order valence-electron chi connectivity index (χ4n) is 4.00. The van der Waals surface area contributed by atoms with Crippen LogP contribution < -0.4 is 4.90 Å². The maximum atomic E-state index is 12.9. The molecule has 3 atom stereocenters. The highest BCUT2D eigenvalue weighted by molar-refractivity contribution is 9.10.